The van der Waals surface area contributed by atoms with Crippen molar-refractivity contribution in [2.45, 2.75) is 26.7 Å². The molecule has 102 valence electrons. The van der Waals surface area contributed by atoms with E-state index in [0.717, 1.165) is 36.1 Å². The van der Waals surface area contributed by atoms with Gasteiger partial charge in [-0.3, -0.25) is 4.98 Å². The number of hydrogen-bond acceptors (Lipinski definition) is 3. The van der Waals surface area contributed by atoms with Crippen molar-refractivity contribution in [3.05, 3.63) is 42.2 Å². The van der Waals surface area contributed by atoms with Crippen LogP contribution >= 0.6 is 0 Å². The first-order valence-corrected chi connectivity index (χ1v) is 7.23. The van der Waals surface area contributed by atoms with Gasteiger partial charge in [0.25, 0.3) is 0 Å². The van der Waals surface area contributed by atoms with E-state index in [9.17, 15) is 0 Å². The first kappa shape index (κ1) is 12.9. The molecule has 0 unspecified atom stereocenters. The van der Waals surface area contributed by atoms with E-state index in [0.29, 0.717) is 0 Å². The van der Waals surface area contributed by atoms with E-state index in [4.69, 9.17) is 4.98 Å². The van der Waals surface area contributed by atoms with E-state index in [1.165, 1.54) is 16.3 Å². The average molecular weight is 265 g/mol. The molecule has 0 aliphatic heterocycles. The molecule has 0 spiro atoms. The number of aryl methyl sites for hydroxylation is 1. The first-order valence-electron chi connectivity index (χ1n) is 7.23. The Morgan fingerprint density at radius 2 is 1.95 bits per heavy atom. The van der Waals surface area contributed by atoms with E-state index in [-0.39, 0.29) is 0 Å². The first-order chi connectivity index (χ1) is 9.83. The summed E-state index contributed by atoms with van der Waals surface area (Å²) < 4.78 is 0. The Bertz CT molecular complexity index is 750. The fourth-order valence-electron chi connectivity index (χ4n) is 2.63. The molecule has 0 saturated heterocycles. The zero-order chi connectivity index (χ0) is 13.9. The molecule has 1 aromatic carbocycles. The van der Waals surface area contributed by atoms with E-state index in [2.05, 4.69) is 42.3 Å². The van der Waals surface area contributed by atoms with Crippen LogP contribution in [0, 0.1) is 0 Å². The number of fused-ring (bicyclic) bond motifs is 3. The van der Waals surface area contributed by atoms with Gasteiger partial charge in [0.05, 0.1) is 5.52 Å². The monoisotopic (exact) mass is 265 g/mol. The van der Waals surface area contributed by atoms with Gasteiger partial charge in [-0.1, -0.05) is 25.5 Å². The highest BCUT2D eigenvalue weighted by Gasteiger charge is 2.08. The van der Waals surface area contributed by atoms with E-state index in [1.54, 1.807) is 0 Å². The Balaban J connectivity index is 2.29. The molecule has 3 heteroatoms. The lowest BCUT2D eigenvalue weighted by Crippen LogP contribution is -2.04. The summed E-state index contributed by atoms with van der Waals surface area (Å²) in [5.41, 5.74) is 2.36. The normalized spacial score (nSPS) is 11.1. The second kappa shape index (κ2) is 5.45. The average Bonchev–Trinajstić information content (AvgIpc) is 2.48. The van der Waals surface area contributed by atoms with Gasteiger partial charge >= 0.3 is 0 Å². The van der Waals surface area contributed by atoms with Crippen molar-refractivity contribution in [1.29, 1.82) is 0 Å². The standard InChI is InChI=1S/C17H19N3/c1-3-5-13-10-12-6-7-14-11-18-9-8-15(14)16(12)20-17(13)19-4-2/h6-11H,3-5H2,1-2H3,(H,19,20). The molecule has 3 nitrogen and oxygen atoms in total. The van der Waals surface area contributed by atoms with Crippen molar-refractivity contribution in [3.63, 3.8) is 0 Å². The summed E-state index contributed by atoms with van der Waals surface area (Å²) in [6.07, 6.45) is 5.91. The van der Waals surface area contributed by atoms with E-state index < -0.39 is 0 Å². The highest BCUT2D eigenvalue weighted by molar-refractivity contribution is 6.05. The minimum absolute atomic E-state index is 0.890. The number of pyridine rings is 2. The summed E-state index contributed by atoms with van der Waals surface area (Å²) in [6.45, 7) is 5.20. The molecule has 1 N–H and O–H groups in total. The van der Waals surface area contributed by atoms with Gasteiger partial charge in [-0.05, 0) is 31.0 Å². The summed E-state index contributed by atoms with van der Waals surface area (Å²) in [5, 5.41) is 6.90. The van der Waals surface area contributed by atoms with Crippen molar-refractivity contribution < 1.29 is 0 Å². The lowest BCUT2D eigenvalue weighted by atomic mass is 10.0. The van der Waals surface area contributed by atoms with Crippen LogP contribution in [0.15, 0.2) is 36.7 Å². The van der Waals surface area contributed by atoms with Gasteiger partial charge in [0.1, 0.15) is 5.82 Å². The number of anilines is 1. The predicted molar refractivity (Wildman–Crippen MR) is 85.2 cm³/mol. The van der Waals surface area contributed by atoms with Crippen molar-refractivity contribution >= 4 is 27.5 Å². The third-order valence-corrected chi connectivity index (χ3v) is 3.54. The maximum absolute atomic E-state index is 4.87. The lowest BCUT2D eigenvalue weighted by molar-refractivity contribution is 0.916. The molecule has 2 aromatic heterocycles. The number of hydrogen-bond donors (Lipinski definition) is 1. The Morgan fingerprint density at radius 1 is 1.10 bits per heavy atom. The van der Waals surface area contributed by atoms with Gasteiger partial charge in [-0.2, -0.15) is 0 Å². The number of rotatable bonds is 4. The third-order valence-electron chi connectivity index (χ3n) is 3.54. The van der Waals surface area contributed by atoms with Crippen molar-refractivity contribution in [3.8, 4) is 0 Å². The second-order valence-electron chi connectivity index (χ2n) is 5.01. The Morgan fingerprint density at radius 3 is 2.75 bits per heavy atom. The number of nitrogens with one attached hydrogen (secondary N) is 1. The van der Waals surface area contributed by atoms with E-state index in [1.807, 2.05) is 18.5 Å². The summed E-state index contributed by atoms with van der Waals surface area (Å²) in [4.78, 5) is 9.05. The van der Waals surface area contributed by atoms with E-state index >= 15 is 0 Å². The van der Waals surface area contributed by atoms with Gasteiger partial charge in [-0.15, -0.1) is 0 Å². The van der Waals surface area contributed by atoms with Crippen LogP contribution < -0.4 is 5.32 Å². The minimum Gasteiger partial charge on any atom is -0.370 e. The minimum atomic E-state index is 0.890. The summed E-state index contributed by atoms with van der Waals surface area (Å²) in [6, 6.07) is 8.57. The molecule has 3 aromatic rings. The quantitative estimate of drug-likeness (QED) is 0.719. The molecular weight excluding hydrogens is 246 g/mol. The molecular formula is C17H19N3. The Labute approximate surface area is 119 Å². The largest absolute Gasteiger partial charge is 0.370 e. The number of benzene rings is 1. The SMILES string of the molecule is CCCc1cc2ccc3cnccc3c2nc1NCC. The van der Waals surface area contributed by atoms with Crippen LogP contribution in [0.3, 0.4) is 0 Å². The number of aromatic nitrogens is 2. The van der Waals surface area contributed by atoms with Crippen LogP contribution in [0.5, 0.6) is 0 Å². The Kier molecular flexibility index (Phi) is 3.50. The molecule has 0 atom stereocenters. The molecule has 2 heterocycles. The molecule has 0 bridgehead atoms. The maximum Gasteiger partial charge on any atom is 0.129 e. The van der Waals surface area contributed by atoms with Crippen LogP contribution in [-0.4, -0.2) is 16.5 Å². The third kappa shape index (κ3) is 2.20. The number of nitrogens with zero attached hydrogens (tertiary/aromatic N) is 2. The summed E-state index contributed by atoms with van der Waals surface area (Å²) in [5.74, 6) is 1.02. The molecule has 0 aliphatic rings. The highest BCUT2D eigenvalue weighted by Crippen LogP contribution is 2.27. The summed E-state index contributed by atoms with van der Waals surface area (Å²) >= 11 is 0. The van der Waals surface area contributed by atoms with Gasteiger partial charge in [0.2, 0.25) is 0 Å². The second-order valence-corrected chi connectivity index (χ2v) is 5.01. The molecule has 20 heavy (non-hydrogen) atoms. The molecule has 0 radical (unpaired) electrons. The molecule has 0 aliphatic carbocycles. The fraction of sp³-hybridized carbons (Fsp3) is 0.294. The van der Waals surface area contributed by atoms with Gasteiger partial charge in [0, 0.05) is 35.1 Å². The van der Waals surface area contributed by atoms with Crippen LogP contribution in [-0.2, 0) is 6.42 Å². The van der Waals surface area contributed by atoms with Gasteiger partial charge in [-0.25, -0.2) is 4.98 Å². The Hall–Kier alpha value is -2.16. The zero-order valence-corrected chi connectivity index (χ0v) is 12.0. The molecule has 0 saturated carbocycles. The van der Waals surface area contributed by atoms with Crippen LogP contribution in [0.2, 0.25) is 0 Å². The molecule has 0 amide bonds. The molecule has 3 rings (SSSR count). The highest BCUT2D eigenvalue weighted by atomic mass is 15.0. The maximum atomic E-state index is 4.87. The topological polar surface area (TPSA) is 37.8 Å². The van der Waals surface area contributed by atoms with Crippen molar-refractivity contribution in [2.24, 2.45) is 0 Å². The van der Waals surface area contributed by atoms with Crippen LogP contribution in [0.25, 0.3) is 21.7 Å². The van der Waals surface area contributed by atoms with Crippen LogP contribution in [0.1, 0.15) is 25.8 Å². The van der Waals surface area contributed by atoms with Crippen molar-refractivity contribution in [2.75, 3.05) is 11.9 Å². The van der Waals surface area contributed by atoms with Crippen LogP contribution in [0.4, 0.5) is 5.82 Å². The predicted octanol–water partition coefficient (Wildman–Crippen LogP) is 4.17. The lowest BCUT2D eigenvalue weighted by Gasteiger charge is -2.12. The van der Waals surface area contributed by atoms with Gasteiger partial charge < -0.3 is 5.32 Å². The van der Waals surface area contributed by atoms with Gasteiger partial charge in [0.15, 0.2) is 0 Å². The smallest absolute Gasteiger partial charge is 0.129 e. The molecule has 0 fully saturated rings. The zero-order valence-electron chi connectivity index (χ0n) is 12.0. The van der Waals surface area contributed by atoms with Crippen molar-refractivity contribution in [1.82, 2.24) is 9.97 Å². The summed E-state index contributed by atoms with van der Waals surface area (Å²) in [7, 11) is 0. The fourth-order valence-corrected chi connectivity index (χ4v) is 2.63.